The lowest BCUT2D eigenvalue weighted by molar-refractivity contribution is 0.566. The fourth-order valence-corrected chi connectivity index (χ4v) is 3.16. The molecule has 2 heterocycles. The third kappa shape index (κ3) is 3.48. The third-order valence-electron chi connectivity index (χ3n) is 3.84. The normalized spacial score (nSPS) is 12.5. The molecule has 6 heteroatoms. The highest BCUT2D eigenvalue weighted by Gasteiger charge is 2.14. The second-order valence-corrected chi connectivity index (χ2v) is 6.60. The van der Waals surface area contributed by atoms with Crippen LogP contribution in [0.25, 0.3) is 5.69 Å². The molecule has 1 N–H and O–H groups in total. The van der Waals surface area contributed by atoms with Crippen molar-refractivity contribution >= 4 is 11.3 Å². The van der Waals surface area contributed by atoms with E-state index < -0.39 is 0 Å². The van der Waals surface area contributed by atoms with Crippen LogP contribution >= 0.6 is 11.3 Å². The number of nitrogens with one attached hydrogen (secondary N) is 1. The van der Waals surface area contributed by atoms with Crippen molar-refractivity contribution in [3.05, 3.63) is 63.6 Å². The van der Waals surface area contributed by atoms with E-state index in [1.807, 2.05) is 24.7 Å². The van der Waals surface area contributed by atoms with Gasteiger partial charge in [0.2, 0.25) is 0 Å². The molecule has 0 saturated carbocycles. The predicted molar refractivity (Wildman–Crippen MR) is 90.4 cm³/mol. The summed E-state index contributed by atoms with van der Waals surface area (Å²) < 4.78 is 14.9. The molecule has 120 valence electrons. The minimum absolute atomic E-state index is 0.159. The summed E-state index contributed by atoms with van der Waals surface area (Å²) in [4.78, 5) is 4.46. The number of hydrogen-bond donors (Lipinski definition) is 1. The van der Waals surface area contributed by atoms with Crippen molar-refractivity contribution in [1.29, 1.82) is 0 Å². The summed E-state index contributed by atoms with van der Waals surface area (Å²) in [5, 5.41) is 11.1. The minimum atomic E-state index is -0.243. The number of thiazole rings is 1. The van der Waals surface area contributed by atoms with Gasteiger partial charge in [-0.2, -0.15) is 5.10 Å². The number of benzene rings is 1. The van der Waals surface area contributed by atoms with Crippen molar-refractivity contribution in [3.8, 4) is 5.69 Å². The summed E-state index contributed by atoms with van der Waals surface area (Å²) in [6, 6.07) is 6.51. The fourth-order valence-electron chi connectivity index (χ4n) is 2.55. The first kappa shape index (κ1) is 15.8. The first-order chi connectivity index (χ1) is 11.0. The lowest BCUT2D eigenvalue weighted by Gasteiger charge is -2.13. The van der Waals surface area contributed by atoms with Crippen molar-refractivity contribution < 1.29 is 4.39 Å². The van der Waals surface area contributed by atoms with Gasteiger partial charge in [-0.05, 0) is 45.0 Å². The molecule has 0 saturated heterocycles. The third-order valence-corrected chi connectivity index (χ3v) is 4.66. The Morgan fingerprint density at radius 1 is 1.26 bits per heavy atom. The lowest BCUT2D eigenvalue weighted by atomic mass is 10.1. The monoisotopic (exact) mass is 330 g/mol. The largest absolute Gasteiger partial charge is 0.304 e. The van der Waals surface area contributed by atoms with Crippen LogP contribution in [0, 0.1) is 19.7 Å². The standard InChI is InChI=1S/C17H19FN4S/c1-11(19-8-15-10-23-13(3)21-15)17-9-20-22(12(17)2)16-6-4-14(18)5-7-16/h4-7,9-11,19H,8H2,1-3H3. The molecule has 0 radical (unpaired) electrons. The number of aromatic nitrogens is 3. The van der Waals surface area contributed by atoms with Crippen molar-refractivity contribution in [2.75, 3.05) is 0 Å². The van der Waals surface area contributed by atoms with E-state index in [0.717, 1.165) is 34.2 Å². The Balaban J connectivity index is 1.74. The van der Waals surface area contributed by atoms with E-state index in [1.165, 1.54) is 12.1 Å². The van der Waals surface area contributed by atoms with E-state index >= 15 is 0 Å². The summed E-state index contributed by atoms with van der Waals surface area (Å²) in [5.41, 5.74) is 4.09. The van der Waals surface area contributed by atoms with Gasteiger partial charge in [0.1, 0.15) is 5.82 Å². The molecule has 0 spiro atoms. The van der Waals surface area contributed by atoms with Crippen LogP contribution in [0.2, 0.25) is 0 Å². The number of rotatable bonds is 5. The van der Waals surface area contributed by atoms with Crippen molar-refractivity contribution in [3.63, 3.8) is 0 Å². The van der Waals surface area contributed by atoms with E-state index in [2.05, 4.69) is 27.7 Å². The predicted octanol–water partition coefficient (Wildman–Crippen LogP) is 3.94. The summed E-state index contributed by atoms with van der Waals surface area (Å²) in [6.07, 6.45) is 1.86. The first-order valence-corrected chi connectivity index (χ1v) is 8.37. The van der Waals surface area contributed by atoms with Gasteiger partial charge in [0.05, 0.1) is 22.6 Å². The molecule has 2 aromatic heterocycles. The Labute approximate surface area is 139 Å². The Hall–Kier alpha value is -2.05. The van der Waals surface area contributed by atoms with Gasteiger partial charge in [-0.3, -0.25) is 0 Å². The molecule has 3 rings (SSSR count). The average Bonchev–Trinajstić information content (AvgIpc) is 3.12. The van der Waals surface area contributed by atoms with Gasteiger partial charge in [-0.25, -0.2) is 14.1 Å². The molecule has 4 nitrogen and oxygen atoms in total. The zero-order valence-corrected chi connectivity index (χ0v) is 14.2. The quantitative estimate of drug-likeness (QED) is 0.770. The van der Waals surface area contributed by atoms with Crippen LogP contribution in [0.5, 0.6) is 0 Å². The summed E-state index contributed by atoms with van der Waals surface area (Å²) in [5.74, 6) is -0.243. The van der Waals surface area contributed by atoms with Crippen LogP contribution in [-0.4, -0.2) is 14.8 Å². The molecule has 1 unspecified atom stereocenters. The van der Waals surface area contributed by atoms with E-state index in [9.17, 15) is 4.39 Å². The number of nitrogens with zero attached hydrogens (tertiary/aromatic N) is 3. The van der Waals surface area contributed by atoms with Crippen LogP contribution in [0.3, 0.4) is 0 Å². The van der Waals surface area contributed by atoms with Gasteiger partial charge >= 0.3 is 0 Å². The Kier molecular flexibility index (Phi) is 4.54. The molecule has 1 atom stereocenters. The molecule has 0 amide bonds. The van der Waals surface area contributed by atoms with E-state index in [4.69, 9.17) is 0 Å². The summed E-state index contributed by atoms with van der Waals surface area (Å²) in [6.45, 7) is 6.87. The Bertz CT molecular complexity index is 791. The second-order valence-electron chi connectivity index (χ2n) is 5.53. The van der Waals surface area contributed by atoms with E-state index in [0.29, 0.717) is 0 Å². The van der Waals surface area contributed by atoms with Crippen LogP contribution in [0.15, 0.2) is 35.8 Å². The molecular weight excluding hydrogens is 311 g/mol. The van der Waals surface area contributed by atoms with Crippen LogP contribution < -0.4 is 5.32 Å². The molecule has 1 aromatic carbocycles. The average molecular weight is 330 g/mol. The topological polar surface area (TPSA) is 42.7 Å². The molecule has 0 fully saturated rings. The van der Waals surface area contributed by atoms with E-state index in [1.54, 1.807) is 23.5 Å². The first-order valence-electron chi connectivity index (χ1n) is 7.49. The van der Waals surface area contributed by atoms with Gasteiger partial charge in [0.25, 0.3) is 0 Å². The zero-order valence-electron chi connectivity index (χ0n) is 13.4. The minimum Gasteiger partial charge on any atom is -0.304 e. The van der Waals surface area contributed by atoms with Crippen molar-refractivity contribution in [2.24, 2.45) is 0 Å². The SMILES string of the molecule is Cc1nc(CNC(C)c2cnn(-c3ccc(F)cc3)c2C)cs1. The van der Waals surface area contributed by atoms with Gasteiger partial charge in [-0.1, -0.05) is 0 Å². The number of halogens is 1. The molecule has 0 aliphatic carbocycles. The van der Waals surface area contributed by atoms with E-state index in [-0.39, 0.29) is 11.9 Å². The van der Waals surface area contributed by atoms with Crippen molar-refractivity contribution in [1.82, 2.24) is 20.1 Å². The highest BCUT2D eigenvalue weighted by molar-refractivity contribution is 7.09. The highest BCUT2D eigenvalue weighted by atomic mass is 32.1. The van der Waals surface area contributed by atoms with Gasteiger partial charge < -0.3 is 5.32 Å². The Morgan fingerprint density at radius 3 is 2.65 bits per heavy atom. The maximum absolute atomic E-state index is 13.1. The smallest absolute Gasteiger partial charge is 0.123 e. The Morgan fingerprint density at radius 2 is 2.00 bits per heavy atom. The molecule has 3 aromatic rings. The number of aryl methyl sites for hydroxylation is 1. The zero-order chi connectivity index (χ0) is 16.4. The van der Waals surface area contributed by atoms with Crippen LogP contribution in [0.4, 0.5) is 4.39 Å². The van der Waals surface area contributed by atoms with Crippen molar-refractivity contribution in [2.45, 2.75) is 33.4 Å². The fraction of sp³-hybridized carbons (Fsp3) is 0.294. The second kappa shape index (κ2) is 6.60. The lowest BCUT2D eigenvalue weighted by Crippen LogP contribution is -2.18. The maximum Gasteiger partial charge on any atom is 0.123 e. The van der Waals surface area contributed by atoms with Crippen LogP contribution in [-0.2, 0) is 6.54 Å². The molecular formula is C17H19FN4S. The van der Waals surface area contributed by atoms with Crippen LogP contribution in [0.1, 0.15) is 34.9 Å². The summed E-state index contributed by atoms with van der Waals surface area (Å²) in [7, 11) is 0. The molecule has 0 bridgehead atoms. The molecule has 23 heavy (non-hydrogen) atoms. The van der Waals surface area contributed by atoms with Gasteiger partial charge in [0.15, 0.2) is 0 Å². The molecule has 0 aliphatic rings. The highest BCUT2D eigenvalue weighted by Crippen LogP contribution is 2.21. The number of hydrogen-bond acceptors (Lipinski definition) is 4. The summed E-state index contributed by atoms with van der Waals surface area (Å²) >= 11 is 1.66. The maximum atomic E-state index is 13.1. The van der Waals surface area contributed by atoms with Gasteiger partial charge in [-0.15, -0.1) is 11.3 Å². The van der Waals surface area contributed by atoms with Gasteiger partial charge in [0, 0.05) is 29.2 Å². The molecule has 0 aliphatic heterocycles.